The zero-order valence-electron chi connectivity index (χ0n) is 15.4. The van der Waals surface area contributed by atoms with Gasteiger partial charge in [0.2, 0.25) is 5.91 Å². The number of nitrogens with one attached hydrogen (secondary N) is 1. The summed E-state index contributed by atoms with van der Waals surface area (Å²) in [4.78, 5) is 14.5. The number of piperazine rings is 1. The Labute approximate surface area is 164 Å². The molecule has 1 aliphatic rings. The molecule has 1 amide bonds. The molecule has 1 aromatic heterocycles. The van der Waals surface area contributed by atoms with Gasteiger partial charge in [-0.05, 0) is 22.9 Å². The molecule has 27 heavy (non-hydrogen) atoms. The summed E-state index contributed by atoms with van der Waals surface area (Å²) in [6.07, 6.45) is 0. The number of amides is 1. The molecule has 1 atom stereocenters. The minimum Gasteiger partial charge on any atom is -0.339 e. The van der Waals surface area contributed by atoms with E-state index >= 15 is 0 Å². The van der Waals surface area contributed by atoms with Crippen molar-refractivity contribution in [2.24, 2.45) is 0 Å². The van der Waals surface area contributed by atoms with Gasteiger partial charge in [0.15, 0.2) is 0 Å². The van der Waals surface area contributed by atoms with E-state index in [0.29, 0.717) is 13.1 Å². The Hall–Kier alpha value is -1.74. The van der Waals surface area contributed by atoms with Gasteiger partial charge < -0.3 is 10.2 Å². The predicted octanol–water partition coefficient (Wildman–Crippen LogP) is 1.97. The van der Waals surface area contributed by atoms with Crippen molar-refractivity contribution in [2.45, 2.75) is 17.1 Å². The Balaban J connectivity index is 1.81. The van der Waals surface area contributed by atoms with Gasteiger partial charge in [-0.2, -0.15) is 4.31 Å². The minimum atomic E-state index is -3.71. The average Bonchev–Trinajstić information content (AvgIpc) is 3.24. The highest BCUT2D eigenvalue weighted by molar-refractivity contribution is 7.91. The summed E-state index contributed by atoms with van der Waals surface area (Å²) in [5, 5.41) is 4.95. The topological polar surface area (TPSA) is 69.7 Å². The normalized spacial score (nSPS) is 16.4. The molecule has 146 valence electrons. The van der Waals surface area contributed by atoms with Crippen LogP contribution in [-0.4, -0.2) is 62.8 Å². The van der Waals surface area contributed by atoms with Gasteiger partial charge in [-0.1, -0.05) is 43.3 Å². The van der Waals surface area contributed by atoms with Gasteiger partial charge in [0.05, 0.1) is 6.54 Å². The average molecular weight is 408 g/mol. The third-order valence-electron chi connectivity index (χ3n) is 4.72. The maximum atomic E-state index is 13.1. The van der Waals surface area contributed by atoms with E-state index in [1.54, 1.807) is 22.4 Å². The molecular formula is C19H25N3O3S2. The van der Waals surface area contributed by atoms with E-state index in [4.69, 9.17) is 0 Å². The lowest BCUT2D eigenvalue weighted by molar-refractivity contribution is -0.132. The molecule has 2 heterocycles. The smallest absolute Gasteiger partial charge is 0.253 e. The fourth-order valence-corrected chi connectivity index (χ4v) is 5.77. The van der Waals surface area contributed by atoms with Crippen LogP contribution in [0.3, 0.4) is 0 Å². The predicted molar refractivity (Wildman–Crippen MR) is 107 cm³/mol. The van der Waals surface area contributed by atoms with Crippen molar-refractivity contribution >= 4 is 27.3 Å². The zero-order valence-corrected chi connectivity index (χ0v) is 17.0. The Bertz CT molecular complexity index is 832. The van der Waals surface area contributed by atoms with Gasteiger partial charge >= 0.3 is 0 Å². The summed E-state index contributed by atoms with van der Waals surface area (Å²) < 4.78 is 27.9. The van der Waals surface area contributed by atoms with Crippen LogP contribution in [0.15, 0.2) is 52.1 Å². The molecule has 1 N–H and O–H groups in total. The van der Waals surface area contributed by atoms with Crippen molar-refractivity contribution < 1.29 is 13.2 Å². The van der Waals surface area contributed by atoms with Crippen LogP contribution in [0.2, 0.25) is 0 Å². The monoisotopic (exact) mass is 407 g/mol. The minimum absolute atomic E-state index is 0.0169. The molecule has 0 unspecified atom stereocenters. The summed E-state index contributed by atoms with van der Waals surface area (Å²) in [5.74, 6) is -0.159. The molecular weight excluding hydrogens is 382 g/mol. The molecule has 1 aromatic carbocycles. The zero-order chi connectivity index (χ0) is 19.3. The molecule has 0 aliphatic carbocycles. The summed E-state index contributed by atoms with van der Waals surface area (Å²) in [6.45, 7) is 4.83. The first-order valence-corrected chi connectivity index (χ1v) is 11.4. The number of hydrogen-bond donors (Lipinski definition) is 1. The van der Waals surface area contributed by atoms with Gasteiger partial charge in [-0.25, -0.2) is 8.42 Å². The Morgan fingerprint density at radius 1 is 1.19 bits per heavy atom. The quantitative estimate of drug-likeness (QED) is 0.762. The van der Waals surface area contributed by atoms with Crippen LogP contribution in [0.25, 0.3) is 0 Å². The highest BCUT2D eigenvalue weighted by atomic mass is 32.2. The third kappa shape index (κ3) is 4.95. The number of sulfonamides is 1. The second kappa shape index (κ2) is 8.97. The van der Waals surface area contributed by atoms with Gasteiger partial charge in [-0.3, -0.25) is 4.79 Å². The number of carbonyl (C=O) groups excluding carboxylic acids is 1. The molecule has 3 rings (SSSR count). The molecule has 2 aromatic rings. The highest BCUT2D eigenvalue weighted by Crippen LogP contribution is 2.24. The van der Waals surface area contributed by atoms with Crippen LogP contribution in [0.5, 0.6) is 0 Å². The van der Waals surface area contributed by atoms with Crippen molar-refractivity contribution in [1.82, 2.24) is 14.5 Å². The molecule has 0 radical (unpaired) electrons. The van der Waals surface area contributed by atoms with Crippen LogP contribution in [-0.2, 0) is 14.8 Å². The molecule has 1 fully saturated rings. The summed E-state index contributed by atoms with van der Waals surface area (Å²) >= 11 is 1.18. The van der Waals surface area contributed by atoms with Crippen molar-refractivity contribution in [2.75, 3.05) is 39.3 Å². The number of thiophene rings is 1. The van der Waals surface area contributed by atoms with E-state index in [2.05, 4.69) is 5.32 Å². The number of benzene rings is 1. The molecule has 0 bridgehead atoms. The summed E-state index contributed by atoms with van der Waals surface area (Å²) in [5.41, 5.74) is 1.05. The molecule has 1 saturated heterocycles. The summed E-state index contributed by atoms with van der Waals surface area (Å²) in [7, 11) is -3.71. The van der Waals surface area contributed by atoms with Crippen molar-refractivity contribution in [1.29, 1.82) is 0 Å². The van der Waals surface area contributed by atoms with E-state index in [0.717, 1.165) is 18.7 Å². The molecule has 1 aliphatic heterocycles. The van der Waals surface area contributed by atoms with E-state index in [1.165, 1.54) is 15.6 Å². The molecule has 0 saturated carbocycles. The SMILES string of the molecule is C[C@@H](CN(CC(=O)N1CCNCC1)S(=O)(=O)c1cccs1)c1ccccc1. The lowest BCUT2D eigenvalue weighted by Gasteiger charge is -2.31. The fraction of sp³-hybridized carbons (Fsp3) is 0.421. The number of hydrogen-bond acceptors (Lipinski definition) is 5. The highest BCUT2D eigenvalue weighted by Gasteiger charge is 2.31. The lowest BCUT2D eigenvalue weighted by atomic mass is 10.0. The van der Waals surface area contributed by atoms with Gasteiger partial charge in [0, 0.05) is 32.7 Å². The van der Waals surface area contributed by atoms with Crippen molar-refractivity contribution in [3.8, 4) is 0 Å². The molecule has 8 heteroatoms. The van der Waals surface area contributed by atoms with Crippen molar-refractivity contribution in [3.05, 3.63) is 53.4 Å². The van der Waals surface area contributed by atoms with Crippen LogP contribution in [0.4, 0.5) is 0 Å². The maximum Gasteiger partial charge on any atom is 0.253 e. The van der Waals surface area contributed by atoms with Gasteiger partial charge in [0.25, 0.3) is 10.0 Å². The third-order valence-corrected chi connectivity index (χ3v) is 7.90. The second-order valence-corrected chi connectivity index (χ2v) is 9.78. The summed E-state index contributed by atoms with van der Waals surface area (Å²) in [6, 6.07) is 13.1. The molecule has 0 spiro atoms. The Morgan fingerprint density at radius 3 is 2.52 bits per heavy atom. The fourth-order valence-electron chi connectivity index (χ4n) is 3.14. The largest absolute Gasteiger partial charge is 0.339 e. The first kappa shape index (κ1) is 20.0. The van der Waals surface area contributed by atoms with E-state index in [9.17, 15) is 13.2 Å². The first-order chi connectivity index (χ1) is 13.0. The van der Waals surface area contributed by atoms with Crippen LogP contribution >= 0.6 is 11.3 Å². The van der Waals surface area contributed by atoms with E-state index in [1.807, 2.05) is 37.3 Å². The van der Waals surface area contributed by atoms with Gasteiger partial charge in [0.1, 0.15) is 4.21 Å². The van der Waals surface area contributed by atoms with Crippen molar-refractivity contribution in [3.63, 3.8) is 0 Å². The maximum absolute atomic E-state index is 13.1. The van der Waals surface area contributed by atoms with Crippen LogP contribution in [0.1, 0.15) is 18.4 Å². The number of nitrogens with zero attached hydrogens (tertiary/aromatic N) is 2. The van der Waals surface area contributed by atoms with E-state index in [-0.39, 0.29) is 29.1 Å². The lowest BCUT2D eigenvalue weighted by Crippen LogP contribution is -2.50. The second-order valence-electron chi connectivity index (χ2n) is 6.67. The number of carbonyl (C=O) groups is 1. The van der Waals surface area contributed by atoms with E-state index < -0.39 is 10.0 Å². The number of rotatable bonds is 7. The van der Waals surface area contributed by atoms with Crippen LogP contribution in [0, 0.1) is 0 Å². The first-order valence-electron chi connectivity index (χ1n) is 9.05. The Kier molecular flexibility index (Phi) is 6.64. The standard InChI is InChI=1S/C19H25N3O3S2/c1-16(17-6-3-2-4-7-17)14-22(27(24,25)19-8-5-13-26-19)15-18(23)21-11-9-20-10-12-21/h2-8,13,16,20H,9-12,14-15H2,1H3/t16-/m0/s1. The molecule has 6 nitrogen and oxygen atoms in total. The van der Waals surface area contributed by atoms with Gasteiger partial charge in [-0.15, -0.1) is 11.3 Å². The van der Waals surface area contributed by atoms with Crippen LogP contribution < -0.4 is 5.32 Å². The Morgan fingerprint density at radius 2 is 1.89 bits per heavy atom.